The molecule has 0 unspecified atom stereocenters. The van der Waals surface area contributed by atoms with Crippen LogP contribution in [0.15, 0.2) is 29.6 Å². The topological polar surface area (TPSA) is 62.2 Å². The average Bonchev–Trinajstić information content (AvgIpc) is 2.87. The fourth-order valence-electron chi connectivity index (χ4n) is 1.94. The Morgan fingerprint density at radius 1 is 1.38 bits per heavy atom. The molecule has 2 rings (SSSR count). The number of rotatable bonds is 6. The van der Waals surface area contributed by atoms with Gasteiger partial charge >= 0.3 is 5.97 Å². The van der Waals surface area contributed by atoms with Crippen LogP contribution in [0.4, 0.5) is 4.39 Å². The Hall–Kier alpha value is -1.79. The van der Waals surface area contributed by atoms with Gasteiger partial charge in [0.05, 0.1) is 5.69 Å². The molecule has 1 atom stereocenters. The van der Waals surface area contributed by atoms with E-state index in [1.807, 2.05) is 19.2 Å². The highest BCUT2D eigenvalue weighted by Crippen LogP contribution is 2.23. The Morgan fingerprint density at radius 3 is 2.62 bits per heavy atom. The number of thiazole rings is 1. The number of carboxylic acid groups (broad SMARTS) is 1. The zero-order valence-corrected chi connectivity index (χ0v) is 12.7. The minimum absolute atomic E-state index is 0.00213. The molecule has 0 radical (unpaired) electrons. The van der Waals surface area contributed by atoms with Gasteiger partial charge in [0.15, 0.2) is 0 Å². The SMILES string of the molecule is CC(C)[C@H](NCc1csc(-c2ccc(F)cc2)n1)C(=O)O. The van der Waals surface area contributed by atoms with Crippen molar-refractivity contribution in [2.75, 3.05) is 0 Å². The highest BCUT2D eigenvalue weighted by Gasteiger charge is 2.20. The van der Waals surface area contributed by atoms with Crippen LogP contribution in [0, 0.1) is 11.7 Å². The summed E-state index contributed by atoms with van der Waals surface area (Å²) in [7, 11) is 0. The van der Waals surface area contributed by atoms with Crippen molar-refractivity contribution in [3.63, 3.8) is 0 Å². The molecule has 6 heteroatoms. The van der Waals surface area contributed by atoms with Gasteiger partial charge in [0.1, 0.15) is 16.9 Å². The fourth-order valence-corrected chi connectivity index (χ4v) is 2.76. The van der Waals surface area contributed by atoms with Crippen LogP contribution in [0.3, 0.4) is 0 Å². The number of nitrogens with one attached hydrogen (secondary N) is 1. The van der Waals surface area contributed by atoms with Crippen LogP contribution in [0.2, 0.25) is 0 Å². The van der Waals surface area contributed by atoms with Gasteiger partial charge in [-0.25, -0.2) is 9.37 Å². The highest BCUT2D eigenvalue weighted by molar-refractivity contribution is 7.13. The molecule has 0 saturated carbocycles. The van der Waals surface area contributed by atoms with Gasteiger partial charge in [-0.1, -0.05) is 13.8 Å². The maximum atomic E-state index is 12.9. The summed E-state index contributed by atoms with van der Waals surface area (Å²) in [6.07, 6.45) is 0. The van der Waals surface area contributed by atoms with Crippen LogP contribution in [0.5, 0.6) is 0 Å². The lowest BCUT2D eigenvalue weighted by molar-refractivity contribution is -0.140. The minimum atomic E-state index is -0.862. The molecule has 1 aromatic carbocycles. The summed E-state index contributed by atoms with van der Waals surface area (Å²) in [6.45, 7) is 4.11. The molecule has 0 fully saturated rings. The van der Waals surface area contributed by atoms with Gasteiger partial charge in [-0.15, -0.1) is 11.3 Å². The molecule has 0 amide bonds. The minimum Gasteiger partial charge on any atom is -0.480 e. The second kappa shape index (κ2) is 6.78. The number of carbonyl (C=O) groups is 1. The van der Waals surface area contributed by atoms with Crippen molar-refractivity contribution in [1.82, 2.24) is 10.3 Å². The van der Waals surface area contributed by atoms with E-state index in [0.717, 1.165) is 16.3 Å². The van der Waals surface area contributed by atoms with Crippen molar-refractivity contribution in [3.05, 3.63) is 41.2 Å². The van der Waals surface area contributed by atoms with Gasteiger partial charge in [-0.2, -0.15) is 0 Å². The standard InChI is InChI=1S/C15H17FN2O2S/c1-9(2)13(15(19)20)17-7-12-8-21-14(18-12)10-3-5-11(16)6-4-10/h3-6,8-9,13,17H,7H2,1-2H3,(H,19,20)/t13-/m0/s1. The second-order valence-corrected chi connectivity index (χ2v) is 5.95. The predicted octanol–water partition coefficient (Wildman–Crippen LogP) is 3.15. The first kappa shape index (κ1) is 15.6. The zero-order valence-electron chi connectivity index (χ0n) is 11.8. The second-order valence-electron chi connectivity index (χ2n) is 5.09. The third-order valence-electron chi connectivity index (χ3n) is 3.08. The van der Waals surface area contributed by atoms with E-state index >= 15 is 0 Å². The lowest BCUT2D eigenvalue weighted by Gasteiger charge is -2.16. The number of aliphatic carboxylic acids is 1. The van der Waals surface area contributed by atoms with Crippen molar-refractivity contribution < 1.29 is 14.3 Å². The summed E-state index contributed by atoms with van der Waals surface area (Å²) in [5.74, 6) is -1.14. The van der Waals surface area contributed by atoms with Gasteiger partial charge in [0.25, 0.3) is 0 Å². The van der Waals surface area contributed by atoms with E-state index in [4.69, 9.17) is 5.11 Å². The molecule has 2 aromatic rings. The molecule has 0 aliphatic carbocycles. The third-order valence-corrected chi connectivity index (χ3v) is 4.02. The van der Waals surface area contributed by atoms with Crippen LogP contribution < -0.4 is 5.32 Å². The van der Waals surface area contributed by atoms with Crippen LogP contribution >= 0.6 is 11.3 Å². The summed E-state index contributed by atoms with van der Waals surface area (Å²) < 4.78 is 12.9. The molecule has 0 aliphatic rings. The molecule has 0 bridgehead atoms. The zero-order chi connectivity index (χ0) is 15.4. The van der Waals surface area contributed by atoms with Crippen molar-refractivity contribution in [2.45, 2.75) is 26.4 Å². The molecular weight excluding hydrogens is 291 g/mol. The molecule has 4 nitrogen and oxygen atoms in total. The number of benzene rings is 1. The summed E-state index contributed by atoms with van der Waals surface area (Å²) in [4.78, 5) is 15.5. The molecule has 112 valence electrons. The number of carboxylic acids is 1. The van der Waals surface area contributed by atoms with E-state index in [2.05, 4.69) is 10.3 Å². The van der Waals surface area contributed by atoms with E-state index < -0.39 is 12.0 Å². The van der Waals surface area contributed by atoms with Crippen molar-refractivity contribution in [3.8, 4) is 10.6 Å². The van der Waals surface area contributed by atoms with E-state index in [1.54, 1.807) is 12.1 Å². The molecule has 0 spiro atoms. The Morgan fingerprint density at radius 2 is 2.05 bits per heavy atom. The van der Waals surface area contributed by atoms with Crippen LogP contribution in [-0.2, 0) is 11.3 Å². The first-order valence-electron chi connectivity index (χ1n) is 6.64. The number of halogens is 1. The predicted molar refractivity (Wildman–Crippen MR) is 80.6 cm³/mol. The number of aromatic nitrogens is 1. The average molecular weight is 308 g/mol. The van der Waals surface area contributed by atoms with Crippen LogP contribution in [0.25, 0.3) is 10.6 Å². The third kappa shape index (κ3) is 4.09. The smallest absolute Gasteiger partial charge is 0.320 e. The van der Waals surface area contributed by atoms with Crippen molar-refractivity contribution in [2.24, 2.45) is 5.92 Å². The van der Waals surface area contributed by atoms with E-state index in [0.29, 0.717) is 6.54 Å². The van der Waals surface area contributed by atoms with E-state index in [-0.39, 0.29) is 11.7 Å². The molecule has 21 heavy (non-hydrogen) atoms. The lowest BCUT2D eigenvalue weighted by atomic mass is 10.1. The van der Waals surface area contributed by atoms with Crippen molar-refractivity contribution >= 4 is 17.3 Å². The Kier molecular flexibility index (Phi) is 5.03. The molecular formula is C15H17FN2O2S. The van der Waals surface area contributed by atoms with Gasteiger partial charge in [0, 0.05) is 17.5 Å². The molecule has 0 saturated heterocycles. The van der Waals surface area contributed by atoms with Gasteiger partial charge < -0.3 is 5.11 Å². The molecule has 1 aromatic heterocycles. The fraction of sp³-hybridized carbons (Fsp3) is 0.333. The van der Waals surface area contributed by atoms with Crippen LogP contribution in [-0.4, -0.2) is 22.1 Å². The monoisotopic (exact) mass is 308 g/mol. The Labute approximate surface area is 126 Å². The highest BCUT2D eigenvalue weighted by atomic mass is 32.1. The summed E-state index contributed by atoms with van der Waals surface area (Å²) >= 11 is 1.46. The number of hydrogen-bond acceptors (Lipinski definition) is 4. The summed E-state index contributed by atoms with van der Waals surface area (Å²) in [5.41, 5.74) is 1.64. The van der Waals surface area contributed by atoms with Gasteiger partial charge in [-0.3, -0.25) is 10.1 Å². The lowest BCUT2D eigenvalue weighted by Crippen LogP contribution is -2.40. The maximum Gasteiger partial charge on any atom is 0.320 e. The maximum absolute atomic E-state index is 12.9. The van der Waals surface area contributed by atoms with E-state index in [9.17, 15) is 9.18 Å². The first-order valence-corrected chi connectivity index (χ1v) is 7.52. The molecule has 1 heterocycles. The van der Waals surface area contributed by atoms with Gasteiger partial charge in [0.2, 0.25) is 0 Å². The summed E-state index contributed by atoms with van der Waals surface area (Å²) in [5, 5.41) is 14.8. The normalized spacial score (nSPS) is 12.6. The number of hydrogen-bond donors (Lipinski definition) is 2. The van der Waals surface area contributed by atoms with Crippen LogP contribution in [0.1, 0.15) is 19.5 Å². The molecule has 2 N–H and O–H groups in total. The molecule has 0 aliphatic heterocycles. The van der Waals surface area contributed by atoms with Crippen molar-refractivity contribution in [1.29, 1.82) is 0 Å². The summed E-state index contributed by atoms with van der Waals surface area (Å²) in [6, 6.07) is 5.56. The van der Waals surface area contributed by atoms with E-state index in [1.165, 1.54) is 23.5 Å². The largest absolute Gasteiger partial charge is 0.480 e. The number of nitrogens with zero attached hydrogens (tertiary/aromatic N) is 1. The first-order chi connectivity index (χ1) is 9.97. The van der Waals surface area contributed by atoms with Gasteiger partial charge in [-0.05, 0) is 30.2 Å². The Balaban J connectivity index is 2.03. The quantitative estimate of drug-likeness (QED) is 0.860. The Bertz CT molecular complexity index is 610.